The minimum Gasteiger partial charge on any atom is -0.390 e. The smallest absolute Gasteiger partial charge is 0.227 e. The molecule has 0 amide bonds. The highest BCUT2D eigenvalue weighted by molar-refractivity contribution is 5.86. The van der Waals surface area contributed by atoms with Gasteiger partial charge in [-0.05, 0) is 51.0 Å². The van der Waals surface area contributed by atoms with Crippen LogP contribution in [0.1, 0.15) is 69.9 Å². The number of aliphatic hydroxyl groups is 1. The van der Waals surface area contributed by atoms with E-state index in [-0.39, 0.29) is 30.9 Å². The molecule has 180 valence electrons. The Morgan fingerprint density at radius 3 is 2.42 bits per heavy atom. The molecule has 0 atom stereocenters. The van der Waals surface area contributed by atoms with Crippen LogP contribution in [0, 0.1) is 0 Å². The molecule has 5 rings (SSSR count). The monoisotopic (exact) mass is 492 g/mol. The Labute approximate surface area is 207 Å². The molecule has 3 aromatic rings. The molecule has 1 aromatic carbocycles. The molecule has 2 aromatic heterocycles. The van der Waals surface area contributed by atoms with Crippen molar-refractivity contribution in [3.8, 4) is 0 Å². The molecule has 0 aliphatic heterocycles. The van der Waals surface area contributed by atoms with Gasteiger partial charge >= 0.3 is 0 Å². The number of hydrogen-bond acceptors (Lipinski definition) is 6. The summed E-state index contributed by atoms with van der Waals surface area (Å²) in [6.45, 7) is 2.62. The highest BCUT2D eigenvalue weighted by atomic mass is 35.5. The van der Waals surface area contributed by atoms with Crippen LogP contribution in [-0.2, 0) is 6.54 Å². The molecular formula is C24H34Cl2N6O. The van der Waals surface area contributed by atoms with Gasteiger partial charge in [-0.2, -0.15) is 9.97 Å². The van der Waals surface area contributed by atoms with Crippen LogP contribution in [0.2, 0.25) is 0 Å². The fourth-order valence-electron chi connectivity index (χ4n) is 4.90. The van der Waals surface area contributed by atoms with E-state index >= 15 is 0 Å². The van der Waals surface area contributed by atoms with Gasteiger partial charge in [0.05, 0.1) is 11.9 Å². The Kier molecular flexibility index (Phi) is 8.43. The number of nitrogens with one attached hydrogen (secondary N) is 2. The Balaban J connectivity index is 0.00000153. The minimum absolute atomic E-state index is 0. The largest absolute Gasteiger partial charge is 0.390 e. The average molecular weight is 493 g/mol. The van der Waals surface area contributed by atoms with Crippen LogP contribution in [-0.4, -0.2) is 36.3 Å². The first kappa shape index (κ1) is 25.5. The summed E-state index contributed by atoms with van der Waals surface area (Å²) in [6.07, 6.45) is 10.3. The van der Waals surface area contributed by atoms with Gasteiger partial charge in [0.15, 0.2) is 17.0 Å². The Bertz CT molecular complexity index is 1030. The standard InChI is InChI=1S/C24H32N6O.2ClH/c1-24(31)13-11-18(12-14-24)27-23-28-21(25-15-17-7-3-2-4-8-17)20-22(29-23)30(16-26-20)19-9-5-6-10-19;;/h2-4,7-8,16,18-19,31H,5-6,9-15H2,1H3,(H2,25,27,28,29);2*1H/t18-,24+;;. The van der Waals surface area contributed by atoms with Crippen molar-refractivity contribution in [3.05, 3.63) is 42.2 Å². The summed E-state index contributed by atoms with van der Waals surface area (Å²) < 4.78 is 2.24. The molecule has 2 fully saturated rings. The third-order valence-corrected chi connectivity index (χ3v) is 6.84. The molecule has 2 saturated carbocycles. The van der Waals surface area contributed by atoms with Gasteiger partial charge in [0, 0.05) is 18.6 Å². The molecule has 2 aliphatic carbocycles. The lowest BCUT2D eigenvalue weighted by Crippen LogP contribution is -2.36. The Morgan fingerprint density at radius 2 is 1.73 bits per heavy atom. The van der Waals surface area contributed by atoms with E-state index in [1.54, 1.807) is 0 Å². The van der Waals surface area contributed by atoms with Crippen LogP contribution in [0.15, 0.2) is 36.7 Å². The first-order valence-electron chi connectivity index (χ1n) is 11.6. The third-order valence-electron chi connectivity index (χ3n) is 6.84. The quantitative estimate of drug-likeness (QED) is 0.420. The van der Waals surface area contributed by atoms with Gasteiger partial charge in [0.1, 0.15) is 0 Å². The number of imidazole rings is 1. The topological polar surface area (TPSA) is 87.9 Å². The highest BCUT2D eigenvalue weighted by Crippen LogP contribution is 2.34. The molecule has 9 heteroatoms. The SMILES string of the molecule is C[C@]1(O)CC[C@@H](Nc2nc(NCc3ccccc3)c3ncn(C4CCCC4)c3n2)CC1.Cl.Cl. The number of benzene rings is 1. The summed E-state index contributed by atoms with van der Waals surface area (Å²) in [4.78, 5) is 14.4. The van der Waals surface area contributed by atoms with Crippen molar-refractivity contribution < 1.29 is 5.11 Å². The first-order valence-corrected chi connectivity index (χ1v) is 11.6. The predicted molar refractivity (Wildman–Crippen MR) is 138 cm³/mol. The number of hydrogen-bond donors (Lipinski definition) is 3. The van der Waals surface area contributed by atoms with E-state index in [0.29, 0.717) is 18.5 Å². The van der Waals surface area contributed by atoms with Gasteiger partial charge in [-0.1, -0.05) is 43.2 Å². The maximum Gasteiger partial charge on any atom is 0.227 e. The van der Waals surface area contributed by atoms with Crippen molar-refractivity contribution in [2.24, 2.45) is 0 Å². The van der Waals surface area contributed by atoms with Gasteiger partial charge in [-0.3, -0.25) is 0 Å². The van der Waals surface area contributed by atoms with Gasteiger partial charge < -0.3 is 20.3 Å². The molecule has 0 saturated heterocycles. The lowest BCUT2D eigenvalue weighted by molar-refractivity contribution is 0.0196. The lowest BCUT2D eigenvalue weighted by Gasteiger charge is -2.33. The second-order valence-electron chi connectivity index (χ2n) is 9.41. The second-order valence-corrected chi connectivity index (χ2v) is 9.41. The van der Waals surface area contributed by atoms with Crippen LogP contribution in [0.25, 0.3) is 11.2 Å². The summed E-state index contributed by atoms with van der Waals surface area (Å²) in [5.74, 6) is 1.42. The molecular weight excluding hydrogens is 459 g/mol. The lowest BCUT2D eigenvalue weighted by atomic mass is 9.84. The van der Waals surface area contributed by atoms with Crippen molar-refractivity contribution in [2.45, 2.75) is 82.5 Å². The maximum absolute atomic E-state index is 10.3. The van der Waals surface area contributed by atoms with E-state index < -0.39 is 5.60 Å². The predicted octanol–water partition coefficient (Wildman–Crippen LogP) is 5.50. The molecule has 2 aliphatic rings. The van der Waals surface area contributed by atoms with Crippen LogP contribution in [0.4, 0.5) is 11.8 Å². The van der Waals surface area contributed by atoms with Crippen molar-refractivity contribution in [2.75, 3.05) is 10.6 Å². The Hall–Kier alpha value is -2.09. The highest BCUT2D eigenvalue weighted by Gasteiger charge is 2.29. The molecule has 3 N–H and O–H groups in total. The second kappa shape index (κ2) is 10.9. The number of halogens is 2. The van der Waals surface area contributed by atoms with Crippen LogP contribution in [0.3, 0.4) is 0 Å². The van der Waals surface area contributed by atoms with E-state index in [4.69, 9.17) is 15.0 Å². The van der Waals surface area contributed by atoms with Gasteiger partial charge in [0.2, 0.25) is 5.95 Å². The van der Waals surface area contributed by atoms with Crippen LogP contribution < -0.4 is 10.6 Å². The molecule has 0 unspecified atom stereocenters. The zero-order chi connectivity index (χ0) is 21.3. The molecule has 7 nitrogen and oxygen atoms in total. The van der Waals surface area contributed by atoms with Crippen molar-refractivity contribution in [3.63, 3.8) is 0 Å². The average Bonchev–Trinajstić information content (AvgIpc) is 3.44. The maximum atomic E-state index is 10.3. The zero-order valence-electron chi connectivity index (χ0n) is 19.0. The molecule has 33 heavy (non-hydrogen) atoms. The van der Waals surface area contributed by atoms with E-state index in [9.17, 15) is 5.11 Å². The summed E-state index contributed by atoms with van der Waals surface area (Å²) >= 11 is 0. The fourth-order valence-corrected chi connectivity index (χ4v) is 4.90. The van der Waals surface area contributed by atoms with E-state index in [2.05, 4.69) is 27.3 Å². The zero-order valence-corrected chi connectivity index (χ0v) is 20.7. The Morgan fingerprint density at radius 1 is 1.03 bits per heavy atom. The number of nitrogens with zero attached hydrogens (tertiary/aromatic N) is 4. The summed E-state index contributed by atoms with van der Waals surface area (Å²) in [6, 6.07) is 11.1. The van der Waals surface area contributed by atoms with E-state index in [0.717, 1.165) is 42.7 Å². The van der Waals surface area contributed by atoms with Crippen LogP contribution >= 0.6 is 24.8 Å². The van der Waals surface area contributed by atoms with E-state index in [1.165, 1.54) is 31.2 Å². The number of fused-ring (bicyclic) bond motifs is 1. The van der Waals surface area contributed by atoms with Gasteiger partial charge in [-0.15, -0.1) is 24.8 Å². The minimum atomic E-state index is -0.549. The molecule has 2 heterocycles. The molecule has 0 spiro atoms. The molecule has 0 bridgehead atoms. The van der Waals surface area contributed by atoms with Crippen LogP contribution in [0.5, 0.6) is 0 Å². The fraction of sp³-hybridized carbons (Fsp3) is 0.542. The number of anilines is 2. The van der Waals surface area contributed by atoms with Crippen molar-refractivity contribution in [1.82, 2.24) is 19.5 Å². The van der Waals surface area contributed by atoms with Gasteiger partial charge in [0.25, 0.3) is 0 Å². The third kappa shape index (κ3) is 5.89. The van der Waals surface area contributed by atoms with Crippen molar-refractivity contribution >= 4 is 47.7 Å². The first-order chi connectivity index (χ1) is 15.1. The number of aromatic nitrogens is 4. The summed E-state index contributed by atoms with van der Waals surface area (Å²) in [5, 5.41) is 17.3. The van der Waals surface area contributed by atoms with Crippen molar-refractivity contribution in [1.29, 1.82) is 0 Å². The normalized spacial score (nSPS) is 23.0. The van der Waals surface area contributed by atoms with E-state index in [1.807, 2.05) is 31.5 Å². The van der Waals surface area contributed by atoms with Gasteiger partial charge in [-0.25, -0.2) is 4.98 Å². The summed E-state index contributed by atoms with van der Waals surface area (Å²) in [7, 11) is 0. The molecule has 0 radical (unpaired) electrons. The number of rotatable bonds is 6. The summed E-state index contributed by atoms with van der Waals surface area (Å²) in [5.41, 5.74) is 2.39.